The molecule has 0 saturated carbocycles. The third-order valence-electron chi connectivity index (χ3n) is 2.15. The number of hydrogen-bond acceptors (Lipinski definition) is 3. The minimum atomic E-state index is -1.04. The van der Waals surface area contributed by atoms with Crippen LogP contribution < -0.4 is 0 Å². The fourth-order valence-corrected chi connectivity index (χ4v) is 1.37. The summed E-state index contributed by atoms with van der Waals surface area (Å²) < 4.78 is 1.68. The van der Waals surface area contributed by atoms with Crippen molar-refractivity contribution in [1.29, 1.82) is 0 Å². The van der Waals surface area contributed by atoms with E-state index in [4.69, 9.17) is 10.2 Å². The van der Waals surface area contributed by atoms with E-state index in [1.54, 1.807) is 28.8 Å². The summed E-state index contributed by atoms with van der Waals surface area (Å²) in [5.74, 6) is -0.829. The van der Waals surface area contributed by atoms with Crippen LogP contribution in [0.5, 0.6) is 5.75 Å². The first-order chi connectivity index (χ1) is 7.65. The summed E-state index contributed by atoms with van der Waals surface area (Å²) >= 11 is 0. The number of aromatic nitrogens is 2. The summed E-state index contributed by atoms with van der Waals surface area (Å²) in [4.78, 5) is 14.3. The Labute approximate surface area is 91.6 Å². The van der Waals surface area contributed by atoms with Crippen molar-refractivity contribution >= 4 is 5.97 Å². The number of carbonyl (C=O) groups is 1. The van der Waals surface area contributed by atoms with Crippen LogP contribution in [0, 0.1) is 0 Å². The molecule has 5 heteroatoms. The molecule has 0 atom stereocenters. The Hall–Kier alpha value is -2.30. The minimum absolute atomic E-state index is 0.0266. The summed E-state index contributed by atoms with van der Waals surface area (Å²) in [6, 6.07) is 6.72. The number of carboxylic acids is 1. The summed E-state index contributed by atoms with van der Waals surface area (Å²) in [6.45, 7) is 0.528. The van der Waals surface area contributed by atoms with Crippen molar-refractivity contribution in [3.05, 3.63) is 48.0 Å². The highest BCUT2D eigenvalue weighted by Gasteiger charge is 2.06. The number of nitrogens with zero attached hydrogens (tertiary/aromatic N) is 2. The SMILES string of the molecule is O=C(O)c1cn(Cc2ccc(O)cc2)cn1. The van der Waals surface area contributed by atoms with Crippen LogP contribution >= 0.6 is 0 Å². The lowest BCUT2D eigenvalue weighted by Gasteiger charge is -2.01. The van der Waals surface area contributed by atoms with Gasteiger partial charge >= 0.3 is 5.97 Å². The molecule has 1 aromatic heterocycles. The fourth-order valence-electron chi connectivity index (χ4n) is 1.37. The van der Waals surface area contributed by atoms with Gasteiger partial charge in [0.25, 0.3) is 0 Å². The summed E-state index contributed by atoms with van der Waals surface area (Å²) in [6.07, 6.45) is 2.94. The van der Waals surface area contributed by atoms with E-state index in [1.165, 1.54) is 12.5 Å². The normalized spacial score (nSPS) is 10.2. The predicted octanol–water partition coefficient (Wildman–Crippen LogP) is 1.34. The van der Waals surface area contributed by atoms with Crippen LogP contribution in [-0.2, 0) is 6.54 Å². The standard InChI is InChI=1S/C11H10N2O3/c14-9-3-1-8(2-4-9)5-13-6-10(11(15)16)12-7-13/h1-4,6-7,14H,5H2,(H,15,16). The van der Waals surface area contributed by atoms with E-state index in [2.05, 4.69) is 4.98 Å². The molecule has 16 heavy (non-hydrogen) atoms. The molecular formula is C11H10N2O3. The van der Waals surface area contributed by atoms with Crippen molar-refractivity contribution in [2.45, 2.75) is 6.54 Å². The number of phenolic OH excluding ortho intramolecular Hbond substituents is 1. The van der Waals surface area contributed by atoms with Gasteiger partial charge in [-0.3, -0.25) is 0 Å². The molecule has 2 aromatic rings. The van der Waals surface area contributed by atoms with Crippen molar-refractivity contribution in [1.82, 2.24) is 9.55 Å². The first-order valence-corrected chi connectivity index (χ1v) is 4.68. The minimum Gasteiger partial charge on any atom is -0.508 e. The number of hydrogen-bond donors (Lipinski definition) is 2. The second-order valence-electron chi connectivity index (χ2n) is 3.40. The highest BCUT2D eigenvalue weighted by atomic mass is 16.4. The van der Waals surface area contributed by atoms with Gasteiger partial charge in [0, 0.05) is 12.7 Å². The molecule has 0 aliphatic carbocycles. The first-order valence-electron chi connectivity index (χ1n) is 4.68. The van der Waals surface area contributed by atoms with E-state index in [1.807, 2.05) is 0 Å². The van der Waals surface area contributed by atoms with Gasteiger partial charge in [0.1, 0.15) is 5.75 Å². The van der Waals surface area contributed by atoms with Crippen molar-refractivity contribution in [3.63, 3.8) is 0 Å². The molecule has 0 aliphatic rings. The highest BCUT2D eigenvalue weighted by Crippen LogP contribution is 2.11. The molecular weight excluding hydrogens is 208 g/mol. The predicted molar refractivity (Wildman–Crippen MR) is 56.4 cm³/mol. The van der Waals surface area contributed by atoms with Gasteiger partial charge in [0.05, 0.1) is 6.33 Å². The molecule has 0 saturated heterocycles. The quantitative estimate of drug-likeness (QED) is 0.815. The molecule has 0 amide bonds. The number of aromatic carboxylic acids is 1. The van der Waals surface area contributed by atoms with E-state index in [-0.39, 0.29) is 11.4 Å². The van der Waals surface area contributed by atoms with E-state index >= 15 is 0 Å². The Morgan fingerprint density at radius 3 is 2.56 bits per heavy atom. The Morgan fingerprint density at radius 1 is 1.31 bits per heavy atom. The van der Waals surface area contributed by atoms with Crippen LogP contribution in [-0.4, -0.2) is 25.7 Å². The number of carboxylic acid groups (broad SMARTS) is 1. The van der Waals surface area contributed by atoms with Gasteiger partial charge in [0.15, 0.2) is 5.69 Å². The monoisotopic (exact) mass is 218 g/mol. The maximum atomic E-state index is 10.6. The van der Waals surface area contributed by atoms with Crippen LogP contribution in [0.3, 0.4) is 0 Å². The number of benzene rings is 1. The smallest absolute Gasteiger partial charge is 0.356 e. The molecule has 82 valence electrons. The molecule has 0 spiro atoms. The molecule has 0 radical (unpaired) electrons. The molecule has 5 nitrogen and oxygen atoms in total. The summed E-state index contributed by atoms with van der Waals surface area (Å²) in [5.41, 5.74) is 0.992. The zero-order valence-electron chi connectivity index (χ0n) is 8.37. The number of rotatable bonds is 3. The lowest BCUT2D eigenvalue weighted by atomic mass is 10.2. The van der Waals surface area contributed by atoms with Gasteiger partial charge in [-0.15, -0.1) is 0 Å². The van der Waals surface area contributed by atoms with Crippen LogP contribution in [0.25, 0.3) is 0 Å². The molecule has 0 aliphatic heterocycles. The summed E-state index contributed by atoms with van der Waals surface area (Å²) in [7, 11) is 0. The average molecular weight is 218 g/mol. The fraction of sp³-hybridized carbons (Fsp3) is 0.0909. The van der Waals surface area contributed by atoms with E-state index in [9.17, 15) is 4.79 Å². The van der Waals surface area contributed by atoms with Gasteiger partial charge in [-0.05, 0) is 17.7 Å². The van der Waals surface area contributed by atoms with E-state index in [0.717, 1.165) is 5.56 Å². The van der Waals surface area contributed by atoms with Gasteiger partial charge in [-0.25, -0.2) is 9.78 Å². The van der Waals surface area contributed by atoms with Crippen LogP contribution in [0.4, 0.5) is 0 Å². The third-order valence-corrected chi connectivity index (χ3v) is 2.15. The van der Waals surface area contributed by atoms with Crippen molar-refractivity contribution < 1.29 is 15.0 Å². The largest absolute Gasteiger partial charge is 0.508 e. The van der Waals surface area contributed by atoms with Gasteiger partial charge in [-0.2, -0.15) is 0 Å². The van der Waals surface area contributed by atoms with E-state index in [0.29, 0.717) is 6.54 Å². The third kappa shape index (κ3) is 2.20. The van der Waals surface area contributed by atoms with Gasteiger partial charge in [0.2, 0.25) is 0 Å². The molecule has 1 aromatic carbocycles. The highest BCUT2D eigenvalue weighted by molar-refractivity contribution is 5.84. The topological polar surface area (TPSA) is 75.3 Å². The van der Waals surface area contributed by atoms with Crippen LogP contribution in [0.2, 0.25) is 0 Å². The van der Waals surface area contributed by atoms with Crippen LogP contribution in [0.15, 0.2) is 36.8 Å². The van der Waals surface area contributed by atoms with E-state index < -0.39 is 5.97 Å². The second kappa shape index (κ2) is 4.06. The van der Waals surface area contributed by atoms with Crippen molar-refractivity contribution in [2.24, 2.45) is 0 Å². The first kappa shape index (κ1) is 10.2. The zero-order valence-corrected chi connectivity index (χ0v) is 8.37. The number of aromatic hydroxyl groups is 1. The molecule has 0 bridgehead atoms. The Kier molecular flexibility index (Phi) is 2.59. The number of phenols is 1. The molecule has 2 N–H and O–H groups in total. The second-order valence-corrected chi connectivity index (χ2v) is 3.40. The van der Waals surface area contributed by atoms with Crippen molar-refractivity contribution in [3.8, 4) is 5.75 Å². The Balaban J connectivity index is 2.14. The molecule has 0 unspecified atom stereocenters. The lowest BCUT2D eigenvalue weighted by Crippen LogP contribution is -1.98. The maximum Gasteiger partial charge on any atom is 0.356 e. The van der Waals surface area contributed by atoms with Gasteiger partial charge < -0.3 is 14.8 Å². The molecule has 2 rings (SSSR count). The summed E-state index contributed by atoms with van der Waals surface area (Å²) in [5, 5.41) is 17.8. The molecule has 1 heterocycles. The zero-order chi connectivity index (χ0) is 11.5. The van der Waals surface area contributed by atoms with Crippen molar-refractivity contribution in [2.75, 3.05) is 0 Å². The van der Waals surface area contributed by atoms with Gasteiger partial charge in [-0.1, -0.05) is 12.1 Å². The maximum absolute atomic E-state index is 10.6. The number of imidazole rings is 1. The average Bonchev–Trinajstić information content (AvgIpc) is 2.70. The van der Waals surface area contributed by atoms with Crippen LogP contribution in [0.1, 0.15) is 16.1 Å². The Morgan fingerprint density at radius 2 is 2.00 bits per heavy atom. The Bertz CT molecular complexity index is 502. The molecule has 0 fully saturated rings. The lowest BCUT2D eigenvalue weighted by molar-refractivity contribution is 0.0691.